The van der Waals surface area contributed by atoms with E-state index < -0.39 is 10.0 Å². The molecule has 2 unspecified atom stereocenters. The first-order valence-electron chi connectivity index (χ1n) is 6.28. The van der Waals surface area contributed by atoms with Crippen molar-refractivity contribution in [1.82, 2.24) is 9.21 Å². The zero-order valence-electron chi connectivity index (χ0n) is 10.2. The summed E-state index contributed by atoms with van der Waals surface area (Å²) in [5.74, 6) is 0.226. The second-order valence-corrected chi connectivity index (χ2v) is 7.17. The number of rotatable bonds is 2. The maximum atomic E-state index is 11.9. The second kappa shape index (κ2) is 4.63. The predicted molar refractivity (Wildman–Crippen MR) is 64.8 cm³/mol. The smallest absolute Gasteiger partial charge is 0.214 e. The quantitative estimate of drug-likeness (QED) is 0.727. The first-order chi connectivity index (χ1) is 7.54. The fourth-order valence-electron chi connectivity index (χ4n) is 2.88. The molecule has 2 heterocycles. The fraction of sp³-hybridized carbons (Fsp3) is 1.00. The van der Waals surface area contributed by atoms with Crippen LogP contribution >= 0.6 is 0 Å². The minimum atomic E-state index is -3.01. The number of hydrogen-bond donors (Lipinski definition) is 0. The van der Waals surface area contributed by atoms with Gasteiger partial charge in [0.2, 0.25) is 10.0 Å². The summed E-state index contributed by atoms with van der Waals surface area (Å²) in [6.45, 7) is 6.52. The Morgan fingerprint density at radius 2 is 2.00 bits per heavy atom. The summed E-state index contributed by atoms with van der Waals surface area (Å²) in [5, 5.41) is 0. The molecule has 2 saturated heterocycles. The number of fused-ring (bicyclic) bond motifs is 1. The van der Waals surface area contributed by atoms with Gasteiger partial charge in [0.1, 0.15) is 0 Å². The summed E-state index contributed by atoms with van der Waals surface area (Å²) >= 11 is 0. The molecule has 2 aliphatic rings. The van der Waals surface area contributed by atoms with Crippen LogP contribution in [-0.2, 0) is 10.0 Å². The summed E-state index contributed by atoms with van der Waals surface area (Å²) in [6, 6.07) is 0.602. The highest BCUT2D eigenvalue weighted by molar-refractivity contribution is 7.89. The predicted octanol–water partition coefficient (Wildman–Crippen LogP) is 0.895. The average molecular weight is 246 g/mol. The maximum Gasteiger partial charge on any atom is 0.214 e. The highest BCUT2D eigenvalue weighted by Gasteiger charge is 2.37. The summed E-state index contributed by atoms with van der Waals surface area (Å²) < 4.78 is 25.6. The monoisotopic (exact) mass is 246 g/mol. The van der Waals surface area contributed by atoms with Crippen molar-refractivity contribution in [2.75, 3.05) is 25.4 Å². The molecule has 0 N–H and O–H groups in total. The summed E-state index contributed by atoms with van der Waals surface area (Å²) in [4.78, 5) is 2.47. The molecule has 0 saturated carbocycles. The van der Waals surface area contributed by atoms with Gasteiger partial charge < -0.3 is 0 Å². The van der Waals surface area contributed by atoms with Gasteiger partial charge in [-0.3, -0.25) is 4.90 Å². The first-order valence-corrected chi connectivity index (χ1v) is 7.89. The first kappa shape index (κ1) is 12.3. The Morgan fingerprint density at radius 3 is 2.69 bits per heavy atom. The topological polar surface area (TPSA) is 40.6 Å². The Bertz CT molecular complexity index is 342. The van der Waals surface area contributed by atoms with Crippen LogP contribution in [0.4, 0.5) is 0 Å². The Hall–Kier alpha value is -0.130. The third kappa shape index (κ3) is 2.26. The molecule has 0 aliphatic carbocycles. The molecular weight excluding hydrogens is 224 g/mol. The van der Waals surface area contributed by atoms with Gasteiger partial charge in [-0.15, -0.1) is 0 Å². The van der Waals surface area contributed by atoms with E-state index >= 15 is 0 Å². The van der Waals surface area contributed by atoms with Gasteiger partial charge in [0, 0.05) is 25.2 Å². The lowest BCUT2D eigenvalue weighted by atomic mass is 9.99. The Labute approximate surface area is 98.7 Å². The van der Waals surface area contributed by atoms with Gasteiger partial charge in [-0.05, 0) is 33.2 Å². The van der Waals surface area contributed by atoms with Crippen molar-refractivity contribution in [2.45, 2.75) is 45.2 Å². The molecule has 2 atom stereocenters. The highest BCUT2D eigenvalue weighted by atomic mass is 32.2. The van der Waals surface area contributed by atoms with E-state index in [0.717, 1.165) is 19.5 Å². The molecule has 94 valence electrons. The second-order valence-electron chi connectivity index (χ2n) is 4.96. The Kier molecular flexibility index (Phi) is 3.56. The van der Waals surface area contributed by atoms with Crippen LogP contribution in [0.5, 0.6) is 0 Å². The molecule has 0 amide bonds. The van der Waals surface area contributed by atoms with Crippen LogP contribution in [0, 0.1) is 0 Å². The molecule has 0 spiro atoms. The zero-order chi connectivity index (χ0) is 11.8. The zero-order valence-corrected chi connectivity index (χ0v) is 11.0. The molecule has 2 rings (SSSR count). The lowest BCUT2D eigenvalue weighted by Gasteiger charge is -2.46. The summed E-state index contributed by atoms with van der Waals surface area (Å²) in [6.07, 6.45) is 3.67. The molecule has 0 aromatic carbocycles. The van der Waals surface area contributed by atoms with Crippen LogP contribution in [-0.4, -0.2) is 55.1 Å². The molecule has 4 nitrogen and oxygen atoms in total. The normalized spacial score (nSPS) is 33.6. The standard InChI is InChI=1S/C11H22N2O2S/c1-3-16(14,15)13-9-11-6-4-5-7-12(11)8-10(13)2/h10-11H,3-9H2,1-2H3. The third-order valence-electron chi connectivity index (χ3n) is 3.85. The van der Waals surface area contributed by atoms with Gasteiger partial charge in [-0.1, -0.05) is 6.42 Å². The van der Waals surface area contributed by atoms with Crippen molar-refractivity contribution < 1.29 is 8.42 Å². The van der Waals surface area contributed by atoms with E-state index in [4.69, 9.17) is 0 Å². The van der Waals surface area contributed by atoms with Gasteiger partial charge in [-0.2, -0.15) is 4.31 Å². The minimum Gasteiger partial charge on any atom is -0.297 e. The van der Waals surface area contributed by atoms with Crippen molar-refractivity contribution in [3.8, 4) is 0 Å². The van der Waals surface area contributed by atoms with Crippen LogP contribution in [0.1, 0.15) is 33.1 Å². The van der Waals surface area contributed by atoms with Crippen LogP contribution in [0.2, 0.25) is 0 Å². The molecule has 0 aromatic rings. The number of sulfonamides is 1. The molecule has 0 bridgehead atoms. The van der Waals surface area contributed by atoms with E-state index in [0.29, 0.717) is 12.6 Å². The van der Waals surface area contributed by atoms with E-state index in [1.54, 1.807) is 11.2 Å². The van der Waals surface area contributed by atoms with Crippen molar-refractivity contribution in [3.05, 3.63) is 0 Å². The summed E-state index contributed by atoms with van der Waals surface area (Å²) in [5.41, 5.74) is 0. The lowest BCUT2D eigenvalue weighted by molar-refractivity contribution is 0.0565. The lowest BCUT2D eigenvalue weighted by Crippen LogP contribution is -2.60. The van der Waals surface area contributed by atoms with Gasteiger partial charge in [0.25, 0.3) is 0 Å². The van der Waals surface area contributed by atoms with Crippen molar-refractivity contribution >= 4 is 10.0 Å². The van der Waals surface area contributed by atoms with E-state index in [1.165, 1.54) is 12.8 Å². The molecular formula is C11H22N2O2S. The van der Waals surface area contributed by atoms with Gasteiger partial charge >= 0.3 is 0 Å². The SMILES string of the molecule is CCS(=O)(=O)N1CC2CCCCN2CC1C. The number of piperazine rings is 1. The van der Waals surface area contributed by atoms with Crippen molar-refractivity contribution in [1.29, 1.82) is 0 Å². The molecule has 0 aromatic heterocycles. The van der Waals surface area contributed by atoms with Crippen molar-refractivity contribution in [2.24, 2.45) is 0 Å². The van der Waals surface area contributed by atoms with Gasteiger partial charge in [0.05, 0.1) is 5.75 Å². The van der Waals surface area contributed by atoms with E-state index in [9.17, 15) is 8.42 Å². The number of piperidine rings is 1. The van der Waals surface area contributed by atoms with E-state index in [-0.39, 0.29) is 11.8 Å². The van der Waals surface area contributed by atoms with E-state index in [1.807, 2.05) is 6.92 Å². The number of hydrogen-bond acceptors (Lipinski definition) is 3. The molecule has 2 fully saturated rings. The van der Waals surface area contributed by atoms with Crippen molar-refractivity contribution in [3.63, 3.8) is 0 Å². The Balaban J connectivity index is 2.12. The molecule has 16 heavy (non-hydrogen) atoms. The van der Waals surface area contributed by atoms with Crippen LogP contribution in [0.15, 0.2) is 0 Å². The average Bonchev–Trinajstić information content (AvgIpc) is 2.28. The largest absolute Gasteiger partial charge is 0.297 e. The molecule has 0 radical (unpaired) electrons. The Morgan fingerprint density at radius 1 is 1.25 bits per heavy atom. The van der Waals surface area contributed by atoms with Crippen LogP contribution in [0.25, 0.3) is 0 Å². The van der Waals surface area contributed by atoms with Crippen LogP contribution in [0.3, 0.4) is 0 Å². The van der Waals surface area contributed by atoms with Gasteiger partial charge in [-0.25, -0.2) is 8.42 Å². The minimum absolute atomic E-state index is 0.138. The highest BCUT2D eigenvalue weighted by Crippen LogP contribution is 2.25. The van der Waals surface area contributed by atoms with Gasteiger partial charge in [0.15, 0.2) is 0 Å². The summed E-state index contributed by atoms with van der Waals surface area (Å²) in [7, 11) is -3.01. The number of nitrogens with zero attached hydrogens (tertiary/aromatic N) is 2. The maximum absolute atomic E-state index is 11.9. The third-order valence-corrected chi connectivity index (χ3v) is 5.81. The fourth-order valence-corrected chi connectivity index (χ4v) is 4.22. The molecule has 5 heteroatoms. The van der Waals surface area contributed by atoms with Crippen LogP contribution < -0.4 is 0 Å². The van der Waals surface area contributed by atoms with E-state index in [2.05, 4.69) is 4.90 Å². The molecule has 2 aliphatic heterocycles.